The van der Waals surface area contributed by atoms with E-state index >= 15 is 0 Å². The maximum Gasteiger partial charge on any atom is 0.411 e. The van der Waals surface area contributed by atoms with Crippen LogP contribution in [0.5, 0.6) is 0 Å². The molecule has 0 aliphatic carbocycles. The van der Waals surface area contributed by atoms with E-state index in [1.165, 1.54) is 12.1 Å². The SMILES string of the molecule is C[C@@H](c1ccc(-c2ccc(F)cc2)cc1)N1CC[C@@](CCC#N)(c2ccccc2)OC1=O. The Balaban J connectivity index is 1.51. The number of benzene rings is 3. The van der Waals surface area contributed by atoms with Crippen molar-refractivity contribution >= 4 is 6.09 Å². The first-order valence-electron chi connectivity index (χ1n) is 10.8. The molecule has 162 valence electrons. The number of carbonyl (C=O) groups excluding carboxylic acids is 1. The summed E-state index contributed by atoms with van der Waals surface area (Å²) in [5, 5.41) is 9.11. The van der Waals surface area contributed by atoms with Crippen LogP contribution in [0.25, 0.3) is 11.1 Å². The van der Waals surface area contributed by atoms with Crippen molar-refractivity contribution in [2.45, 2.75) is 37.8 Å². The van der Waals surface area contributed by atoms with Gasteiger partial charge in [0.15, 0.2) is 0 Å². The van der Waals surface area contributed by atoms with Crippen molar-refractivity contribution in [2.75, 3.05) is 6.54 Å². The molecule has 1 aliphatic rings. The molecule has 0 unspecified atom stereocenters. The van der Waals surface area contributed by atoms with Gasteiger partial charge in [-0.2, -0.15) is 5.26 Å². The van der Waals surface area contributed by atoms with E-state index in [1.54, 1.807) is 17.0 Å². The Hall–Kier alpha value is -3.65. The zero-order valence-corrected chi connectivity index (χ0v) is 18.0. The quantitative estimate of drug-likeness (QED) is 0.445. The average Bonchev–Trinajstić information content (AvgIpc) is 2.83. The molecule has 32 heavy (non-hydrogen) atoms. The van der Waals surface area contributed by atoms with Gasteiger partial charge in [0.1, 0.15) is 11.4 Å². The van der Waals surface area contributed by atoms with E-state index in [2.05, 4.69) is 6.07 Å². The molecule has 0 saturated carbocycles. The van der Waals surface area contributed by atoms with Crippen LogP contribution >= 0.6 is 0 Å². The third kappa shape index (κ3) is 4.36. The molecule has 0 radical (unpaired) electrons. The largest absolute Gasteiger partial charge is 0.438 e. The van der Waals surface area contributed by atoms with Crippen molar-refractivity contribution < 1.29 is 13.9 Å². The standard InChI is InChI=1S/C27H25FN2O2/c1-20(21-8-10-22(11-9-21)23-12-14-25(28)15-13-23)30-19-17-27(16-5-18-29,32-26(30)31)24-6-3-2-4-7-24/h2-4,6-15,20H,5,16-17,19H2,1H3/t20-,27-/m0/s1. The number of hydrogen-bond acceptors (Lipinski definition) is 3. The third-order valence-corrected chi connectivity index (χ3v) is 6.25. The van der Waals surface area contributed by atoms with Gasteiger partial charge in [-0.05, 0) is 41.3 Å². The number of nitrogens with zero attached hydrogens (tertiary/aromatic N) is 2. The van der Waals surface area contributed by atoms with Gasteiger partial charge in [-0.15, -0.1) is 0 Å². The molecule has 1 saturated heterocycles. The minimum atomic E-state index is -0.767. The molecular weight excluding hydrogens is 403 g/mol. The normalized spacial score (nSPS) is 19.2. The molecule has 4 nitrogen and oxygen atoms in total. The van der Waals surface area contributed by atoms with E-state index < -0.39 is 5.60 Å². The summed E-state index contributed by atoms with van der Waals surface area (Å²) in [5.41, 5.74) is 3.09. The van der Waals surface area contributed by atoms with E-state index in [9.17, 15) is 9.18 Å². The van der Waals surface area contributed by atoms with Crippen molar-refractivity contribution in [1.29, 1.82) is 5.26 Å². The first kappa shape index (κ1) is 21.6. The van der Waals surface area contributed by atoms with Crippen LogP contribution in [-0.2, 0) is 10.3 Å². The highest BCUT2D eigenvalue weighted by Crippen LogP contribution is 2.40. The second-order valence-electron chi connectivity index (χ2n) is 8.13. The first-order valence-corrected chi connectivity index (χ1v) is 10.8. The van der Waals surface area contributed by atoms with Crippen LogP contribution in [0.2, 0.25) is 0 Å². The number of amides is 1. The van der Waals surface area contributed by atoms with Gasteiger partial charge in [-0.1, -0.05) is 66.7 Å². The van der Waals surface area contributed by atoms with E-state index in [0.717, 1.165) is 22.3 Å². The van der Waals surface area contributed by atoms with E-state index in [-0.39, 0.29) is 18.0 Å². The number of cyclic esters (lactones) is 1. The van der Waals surface area contributed by atoms with Crippen LogP contribution in [0.4, 0.5) is 9.18 Å². The first-order chi connectivity index (χ1) is 15.5. The molecule has 3 aromatic carbocycles. The molecule has 1 amide bonds. The Morgan fingerprint density at radius 3 is 2.25 bits per heavy atom. The summed E-state index contributed by atoms with van der Waals surface area (Å²) >= 11 is 0. The van der Waals surface area contributed by atoms with Gasteiger partial charge in [0.2, 0.25) is 0 Å². The maximum absolute atomic E-state index is 13.2. The van der Waals surface area contributed by atoms with E-state index in [4.69, 9.17) is 10.00 Å². The van der Waals surface area contributed by atoms with Gasteiger partial charge in [0.25, 0.3) is 0 Å². The van der Waals surface area contributed by atoms with Gasteiger partial charge in [-0.3, -0.25) is 0 Å². The van der Waals surface area contributed by atoms with Crippen LogP contribution in [0.15, 0.2) is 78.9 Å². The number of carbonyl (C=O) groups is 1. The zero-order chi connectivity index (χ0) is 22.6. The number of nitriles is 1. The minimum absolute atomic E-state index is 0.158. The average molecular weight is 429 g/mol. The molecule has 0 spiro atoms. The highest BCUT2D eigenvalue weighted by atomic mass is 19.1. The van der Waals surface area contributed by atoms with Crippen molar-refractivity contribution in [3.05, 3.63) is 95.8 Å². The van der Waals surface area contributed by atoms with Crippen molar-refractivity contribution in [3.8, 4) is 17.2 Å². The van der Waals surface area contributed by atoms with Crippen molar-refractivity contribution in [2.24, 2.45) is 0 Å². The van der Waals surface area contributed by atoms with Gasteiger partial charge >= 0.3 is 6.09 Å². The van der Waals surface area contributed by atoms with Gasteiger partial charge in [-0.25, -0.2) is 9.18 Å². The molecule has 3 aromatic rings. The summed E-state index contributed by atoms with van der Waals surface area (Å²) in [4.78, 5) is 14.8. The number of ether oxygens (including phenoxy) is 1. The minimum Gasteiger partial charge on any atom is -0.438 e. The number of halogens is 1. The molecule has 1 aliphatic heterocycles. The number of rotatable bonds is 6. The molecule has 0 aromatic heterocycles. The smallest absolute Gasteiger partial charge is 0.411 e. The van der Waals surface area contributed by atoms with Crippen molar-refractivity contribution in [1.82, 2.24) is 4.90 Å². The lowest BCUT2D eigenvalue weighted by Gasteiger charge is -2.43. The van der Waals surface area contributed by atoms with E-state index in [0.29, 0.717) is 25.8 Å². The summed E-state index contributed by atoms with van der Waals surface area (Å²) in [5.74, 6) is -0.260. The lowest BCUT2D eigenvalue weighted by Crippen LogP contribution is -2.48. The van der Waals surface area contributed by atoms with Gasteiger partial charge in [0, 0.05) is 25.8 Å². The summed E-state index contributed by atoms with van der Waals surface area (Å²) < 4.78 is 19.2. The monoisotopic (exact) mass is 428 g/mol. The highest BCUT2D eigenvalue weighted by molar-refractivity contribution is 5.70. The molecule has 1 heterocycles. The Morgan fingerprint density at radius 1 is 1.03 bits per heavy atom. The van der Waals surface area contributed by atoms with Gasteiger partial charge < -0.3 is 9.64 Å². The van der Waals surface area contributed by atoms with Crippen LogP contribution in [0, 0.1) is 17.1 Å². The Kier molecular flexibility index (Phi) is 6.23. The van der Waals surface area contributed by atoms with Crippen molar-refractivity contribution in [3.63, 3.8) is 0 Å². The van der Waals surface area contributed by atoms with Crippen LogP contribution in [0.1, 0.15) is 43.4 Å². The lowest BCUT2D eigenvalue weighted by atomic mass is 9.84. The Morgan fingerprint density at radius 2 is 1.66 bits per heavy atom. The molecule has 5 heteroatoms. The summed E-state index contributed by atoms with van der Waals surface area (Å²) in [7, 11) is 0. The summed E-state index contributed by atoms with van der Waals surface area (Å²) in [6, 6.07) is 26.1. The fourth-order valence-electron chi connectivity index (χ4n) is 4.32. The fourth-order valence-corrected chi connectivity index (χ4v) is 4.32. The topological polar surface area (TPSA) is 53.3 Å². The summed E-state index contributed by atoms with van der Waals surface area (Å²) in [6.45, 7) is 2.53. The summed E-state index contributed by atoms with van der Waals surface area (Å²) in [6.07, 6.45) is 1.06. The second kappa shape index (κ2) is 9.23. The number of hydrogen-bond donors (Lipinski definition) is 0. The van der Waals surface area contributed by atoms with E-state index in [1.807, 2.05) is 61.5 Å². The lowest BCUT2D eigenvalue weighted by molar-refractivity contribution is -0.0647. The predicted octanol–water partition coefficient (Wildman–Crippen LogP) is 6.60. The highest BCUT2D eigenvalue weighted by Gasteiger charge is 2.43. The fraction of sp³-hybridized carbons (Fsp3) is 0.259. The Labute approximate surface area is 187 Å². The maximum atomic E-state index is 13.2. The molecule has 2 atom stereocenters. The molecule has 1 fully saturated rings. The molecular formula is C27H25FN2O2. The zero-order valence-electron chi connectivity index (χ0n) is 18.0. The van der Waals surface area contributed by atoms with Gasteiger partial charge in [0.05, 0.1) is 12.1 Å². The predicted molar refractivity (Wildman–Crippen MR) is 121 cm³/mol. The van der Waals surface area contributed by atoms with Crippen LogP contribution in [-0.4, -0.2) is 17.5 Å². The van der Waals surface area contributed by atoms with Crippen LogP contribution < -0.4 is 0 Å². The Bertz CT molecular complexity index is 1110. The van der Waals surface area contributed by atoms with Crippen LogP contribution in [0.3, 0.4) is 0 Å². The molecule has 4 rings (SSSR count). The molecule has 0 bridgehead atoms. The third-order valence-electron chi connectivity index (χ3n) is 6.25. The molecule has 0 N–H and O–H groups in total. The second-order valence-corrected chi connectivity index (χ2v) is 8.13.